The Bertz CT molecular complexity index is 949. The zero-order chi connectivity index (χ0) is 21.6. The molecule has 0 aliphatic heterocycles. The predicted molar refractivity (Wildman–Crippen MR) is 133 cm³/mol. The summed E-state index contributed by atoms with van der Waals surface area (Å²) in [5.74, 6) is 0.848. The number of aryl methyl sites for hydroxylation is 1. The molecule has 3 aromatic rings. The van der Waals surface area contributed by atoms with Gasteiger partial charge in [-0.15, -0.1) is 0 Å². The summed E-state index contributed by atoms with van der Waals surface area (Å²) in [6, 6.07) is 20.6. The minimum absolute atomic E-state index is 0.655. The van der Waals surface area contributed by atoms with Crippen LogP contribution in [0, 0.1) is 12.8 Å². The van der Waals surface area contributed by atoms with Crippen LogP contribution in [-0.4, -0.2) is 36.1 Å². The Morgan fingerprint density at radius 2 is 1.65 bits per heavy atom. The first-order valence-corrected chi connectivity index (χ1v) is 12.1. The summed E-state index contributed by atoms with van der Waals surface area (Å²) in [6.07, 6.45) is 7.73. The summed E-state index contributed by atoms with van der Waals surface area (Å²) in [5.41, 5.74) is 5.82. The molecule has 0 amide bonds. The standard InChI is InChI=1S/C28H39N3/c1-22-27(26-12-7-8-13-28(26)31(22)19-9-18-30(2)3)21-29-25-16-14-24(15-17-25)20-23-10-5-4-6-11-23/h4-8,10-13,24-25,29H,9,14-21H2,1-3H3. The van der Waals surface area contributed by atoms with Gasteiger partial charge in [0.2, 0.25) is 0 Å². The monoisotopic (exact) mass is 417 g/mol. The van der Waals surface area contributed by atoms with Crippen LogP contribution >= 0.6 is 0 Å². The van der Waals surface area contributed by atoms with E-state index in [4.69, 9.17) is 0 Å². The number of benzene rings is 2. The molecule has 0 radical (unpaired) electrons. The SMILES string of the molecule is Cc1c(CNC2CCC(Cc3ccccc3)CC2)c2ccccc2n1CCCN(C)C. The Morgan fingerprint density at radius 3 is 2.39 bits per heavy atom. The summed E-state index contributed by atoms with van der Waals surface area (Å²) in [6.45, 7) is 5.52. The Kier molecular flexibility index (Phi) is 7.47. The molecule has 1 saturated carbocycles. The van der Waals surface area contributed by atoms with Crippen LogP contribution < -0.4 is 5.32 Å². The van der Waals surface area contributed by atoms with Crippen LogP contribution in [0.4, 0.5) is 0 Å². The molecule has 0 spiro atoms. The molecule has 1 aliphatic carbocycles. The van der Waals surface area contributed by atoms with Crippen LogP contribution in [0.2, 0.25) is 0 Å². The average molecular weight is 418 g/mol. The van der Waals surface area contributed by atoms with Crippen molar-refractivity contribution < 1.29 is 0 Å². The Labute approximate surface area is 188 Å². The van der Waals surface area contributed by atoms with Crippen LogP contribution in [0.15, 0.2) is 54.6 Å². The van der Waals surface area contributed by atoms with Gasteiger partial charge in [-0.05, 0) is 89.2 Å². The lowest BCUT2D eigenvalue weighted by Gasteiger charge is -2.29. The average Bonchev–Trinajstić information content (AvgIpc) is 3.05. The van der Waals surface area contributed by atoms with Crippen LogP contribution in [0.25, 0.3) is 10.9 Å². The molecule has 1 aliphatic rings. The number of nitrogens with one attached hydrogen (secondary N) is 1. The van der Waals surface area contributed by atoms with Gasteiger partial charge in [0.15, 0.2) is 0 Å². The molecule has 0 atom stereocenters. The first kappa shape index (κ1) is 22.1. The highest BCUT2D eigenvalue weighted by molar-refractivity contribution is 5.85. The molecule has 1 aromatic heterocycles. The van der Waals surface area contributed by atoms with E-state index in [-0.39, 0.29) is 0 Å². The molecule has 0 bridgehead atoms. The molecule has 3 nitrogen and oxygen atoms in total. The van der Waals surface area contributed by atoms with Crippen molar-refractivity contribution in [2.45, 2.75) is 64.6 Å². The number of hydrogen-bond acceptors (Lipinski definition) is 2. The van der Waals surface area contributed by atoms with Crippen molar-refractivity contribution in [2.75, 3.05) is 20.6 Å². The normalized spacial score (nSPS) is 19.4. The first-order chi connectivity index (χ1) is 15.1. The van der Waals surface area contributed by atoms with Gasteiger partial charge in [0.25, 0.3) is 0 Å². The van der Waals surface area contributed by atoms with Gasteiger partial charge in [-0.25, -0.2) is 0 Å². The molecule has 4 rings (SSSR count). The van der Waals surface area contributed by atoms with Gasteiger partial charge in [-0.2, -0.15) is 0 Å². The fourth-order valence-electron chi connectivity index (χ4n) is 5.32. The number of nitrogens with zero attached hydrogens (tertiary/aromatic N) is 2. The van der Waals surface area contributed by atoms with E-state index in [1.807, 2.05) is 0 Å². The second kappa shape index (κ2) is 10.5. The van der Waals surface area contributed by atoms with E-state index in [0.29, 0.717) is 6.04 Å². The Hall–Kier alpha value is -2.10. The lowest BCUT2D eigenvalue weighted by Crippen LogP contribution is -2.33. The summed E-state index contributed by atoms with van der Waals surface area (Å²) in [4.78, 5) is 2.28. The van der Waals surface area contributed by atoms with E-state index in [2.05, 4.69) is 90.4 Å². The maximum atomic E-state index is 3.92. The fourth-order valence-corrected chi connectivity index (χ4v) is 5.32. The molecule has 2 aromatic carbocycles. The molecule has 1 heterocycles. The largest absolute Gasteiger partial charge is 0.345 e. The van der Waals surface area contributed by atoms with Gasteiger partial charge >= 0.3 is 0 Å². The topological polar surface area (TPSA) is 20.2 Å². The third-order valence-electron chi connectivity index (χ3n) is 7.13. The molecule has 166 valence electrons. The van der Waals surface area contributed by atoms with Crippen molar-refractivity contribution in [1.82, 2.24) is 14.8 Å². The highest BCUT2D eigenvalue weighted by Crippen LogP contribution is 2.29. The molecule has 0 unspecified atom stereocenters. The van der Waals surface area contributed by atoms with Crippen molar-refractivity contribution in [1.29, 1.82) is 0 Å². The van der Waals surface area contributed by atoms with Gasteiger partial charge < -0.3 is 14.8 Å². The number of para-hydroxylation sites is 1. The van der Waals surface area contributed by atoms with E-state index < -0.39 is 0 Å². The lowest BCUT2D eigenvalue weighted by molar-refractivity contribution is 0.289. The second-order valence-electron chi connectivity index (χ2n) is 9.68. The van der Waals surface area contributed by atoms with Crippen LogP contribution in [-0.2, 0) is 19.5 Å². The zero-order valence-corrected chi connectivity index (χ0v) is 19.6. The van der Waals surface area contributed by atoms with Gasteiger partial charge in [-0.1, -0.05) is 48.5 Å². The highest BCUT2D eigenvalue weighted by Gasteiger charge is 2.22. The van der Waals surface area contributed by atoms with Crippen molar-refractivity contribution in [3.8, 4) is 0 Å². The van der Waals surface area contributed by atoms with Gasteiger partial charge in [0, 0.05) is 35.7 Å². The van der Waals surface area contributed by atoms with Crippen LogP contribution in [0.1, 0.15) is 48.9 Å². The Balaban J connectivity index is 1.35. The molecule has 3 heteroatoms. The fraction of sp³-hybridized carbons (Fsp3) is 0.500. The van der Waals surface area contributed by atoms with Gasteiger partial charge in [-0.3, -0.25) is 0 Å². The van der Waals surface area contributed by atoms with E-state index in [1.165, 1.54) is 66.2 Å². The summed E-state index contributed by atoms with van der Waals surface area (Å²) < 4.78 is 2.53. The predicted octanol–water partition coefficient (Wildman–Crippen LogP) is 5.79. The summed E-state index contributed by atoms with van der Waals surface area (Å²) in [5, 5.41) is 5.35. The molecular formula is C28H39N3. The minimum atomic E-state index is 0.655. The van der Waals surface area contributed by atoms with E-state index >= 15 is 0 Å². The lowest BCUT2D eigenvalue weighted by atomic mass is 9.82. The maximum absolute atomic E-state index is 3.92. The van der Waals surface area contributed by atoms with Crippen molar-refractivity contribution in [3.63, 3.8) is 0 Å². The number of aromatic nitrogens is 1. The van der Waals surface area contributed by atoms with Crippen molar-refractivity contribution in [2.24, 2.45) is 5.92 Å². The smallest absolute Gasteiger partial charge is 0.0485 e. The number of fused-ring (bicyclic) bond motifs is 1. The third kappa shape index (κ3) is 5.58. The third-order valence-corrected chi connectivity index (χ3v) is 7.13. The number of rotatable bonds is 9. The van der Waals surface area contributed by atoms with Crippen molar-refractivity contribution >= 4 is 10.9 Å². The quantitative estimate of drug-likeness (QED) is 0.475. The van der Waals surface area contributed by atoms with Crippen LogP contribution in [0.3, 0.4) is 0 Å². The minimum Gasteiger partial charge on any atom is -0.345 e. The van der Waals surface area contributed by atoms with E-state index in [0.717, 1.165) is 25.6 Å². The molecule has 1 N–H and O–H groups in total. The first-order valence-electron chi connectivity index (χ1n) is 12.1. The second-order valence-corrected chi connectivity index (χ2v) is 9.68. The van der Waals surface area contributed by atoms with Crippen LogP contribution in [0.5, 0.6) is 0 Å². The maximum Gasteiger partial charge on any atom is 0.0485 e. The van der Waals surface area contributed by atoms with E-state index in [1.54, 1.807) is 0 Å². The van der Waals surface area contributed by atoms with Gasteiger partial charge in [0.05, 0.1) is 0 Å². The summed E-state index contributed by atoms with van der Waals surface area (Å²) >= 11 is 0. The molecule has 31 heavy (non-hydrogen) atoms. The molecule has 0 saturated heterocycles. The van der Waals surface area contributed by atoms with Crippen molar-refractivity contribution in [3.05, 3.63) is 71.4 Å². The van der Waals surface area contributed by atoms with Gasteiger partial charge in [0.1, 0.15) is 0 Å². The summed E-state index contributed by atoms with van der Waals surface area (Å²) in [7, 11) is 4.31. The number of hydrogen-bond donors (Lipinski definition) is 1. The zero-order valence-electron chi connectivity index (χ0n) is 19.6. The highest BCUT2D eigenvalue weighted by atomic mass is 15.1. The molecule has 1 fully saturated rings. The Morgan fingerprint density at radius 1 is 0.935 bits per heavy atom. The molecular weight excluding hydrogens is 378 g/mol. The van der Waals surface area contributed by atoms with E-state index in [9.17, 15) is 0 Å².